The normalized spacial score (nSPS) is 10.3. The fourth-order valence-electron chi connectivity index (χ4n) is 1.57. The van der Waals surface area contributed by atoms with Crippen molar-refractivity contribution >= 4 is 5.91 Å². The number of likely N-dealkylation sites (N-methyl/N-ethyl adjacent to an activating group) is 1. The highest BCUT2D eigenvalue weighted by molar-refractivity contribution is 5.87. The third-order valence-corrected chi connectivity index (χ3v) is 2.55. The molecule has 2 heteroatoms. The van der Waals surface area contributed by atoms with Crippen molar-refractivity contribution in [2.75, 3.05) is 13.6 Å². The maximum atomic E-state index is 11.7. The van der Waals surface area contributed by atoms with Gasteiger partial charge >= 0.3 is 0 Å². The molecular formula is C19H27NO. The van der Waals surface area contributed by atoms with Crippen molar-refractivity contribution in [3.05, 3.63) is 24.3 Å². The number of nitrogens with zero attached hydrogens (tertiary/aromatic N) is 1. The zero-order chi connectivity index (χ0) is 15.9. The van der Waals surface area contributed by atoms with Gasteiger partial charge in [-0.25, -0.2) is 0 Å². The maximum absolute atomic E-state index is 11.7. The molecule has 0 saturated carbocycles. The minimum absolute atomic E-state index is 0.0411. The molecule has 0 unspecified atom stereocenters. The largest absolute Gasteiger partial charge is 0.342 e. The van der Waals surface area contributed by atoms with Gasteiger partial charge in [0.1, 0.15) is 0 Å². The van der Waals surface area contributed by atoms with Crippen LogP contribution in [-0.4, -0.2) is 24.4 Å². The highest BCUT2D eigenvalue weighted by Gasteiger charge is 2.05. The zero-order valence-electron chi connectivity index (χ0n) is 13.8. The van der Waals surface area contributed by atoms with Crippen LogP contribution in [0.2, 0.25) is 0 Å². The third-order valence-electron chi connectivity index (χ3n) is 2.55. The lowest BCUT2D eigenvalue weighted by atomic mass is 10.2. The Labute approximate surface area is 130 Å². The predicted octanol–water partition coefficient (Wildman–Crippen LogP) is 3.80. The Hall–Kier alpha value is -1.93. The highest BCUT2D eigenvalue weighted by atomic mass is 16.2. The van der Waals surface area contributed by atoms with Crippen molar-refractivity contribution in [2.24, 2.45) is 5.92 Å². The monoisotopic (exact) mass is 285 g/mol. The number of rotatable bonds is 7. The fourth-order valence-corrected chi connectivity index (χ4v) is 1.57. The molecule has 0 saturated heterocycles. The Morgan fingerprint density at radius 3 is 2.43 bits per heavy atom. The van der Waals surface area contributed by atoms with Crippen LogP contribution in [0.3, 0.4) is 0 Å². The number of hydrogen-bond donors (Lipinski definition) is 0. The molecular weight excluding hydrogens is 258 g/mol. The number of unbranched alkanes of at least 4 members (excludes halogenated alkanes) is 2. The molecule has 0 spiro atoms. The molecule has 0 aromatic carbocycles. The van der Waals surface area contributed by atoms with Crippen LogP contribution in [-0.2, 0) is 4.79 Å². The van der Waals surface area contributed by atoms with E-state index in [2.05, 4.69) is 44.5 Å². The van der Waals surface area contributed by atoms with Crippen LogP contribution in [0.4, 0.5) is 0 Å². The number of allylic oxidation sites excluding steroid dienone is 3. The van der Waals surface area contributed by atoms with E-state index < -0.39 is 0 Å². The van der Waals surface area contributed by atoms with Gasteiger partial charge in [-0.2, -0.15) is 0 Å². The van der Waals surface area contributed by atoms with E-state index in [0.29, 0.717) is 5.92 Å². The minimum atomic E-state index is 0.0411. The molecule has 1 amide bonds. The highest BCUT2D eigenvalue weighted by Crippen LogP contribution is 1.97. The van der Waals surface area contributed by atoms with E-state index in [1.807, 2.05) is 19.2 Å². The van der Waals surface area contributed by atoms with Crippen LogP contribution in [0.1, 0.15) is 46.5 Å². The summed E-state index contributed by atoms with van der Waals surface area (Å²) in [7, 11) is 1.82. The van der Waals surface area contributed by atoms with Crippen molar-refractivity contribution in [1.29, 1.82) is 0 Å². The van der Waals surface area contributed by atoms with Gasteiger partial charge in [-0.15, -0.1) is 0 Å². The van der Waals surface area contributed by atoms with Gasteiger partial charge in [0, 0.05) is 32.5 Å². The summed E-state index contributed by atoms with van der Waals surface area (Å²) in [5.74, 6) is 12.2. The van der Waals surface area contributed by atoms with Gasteiger partial charge in [0.15, 0.2) is 0 Å². The van der Waals surface area contributed by atoms with Crippen LogP contribution in [0.15, 0.2) is 24.3 Å². The smallest absolute Gasteiger partial charge is 0.246 e. The van der Waals surface area contributed by atoms with Crippen LogP contribution in [0, 0.1) is 29.6 Å². The minimum Gasteiger partial charge on any atom is -0.342 e. The average Bonchev–Trinajstić information content (AvgIpc) is 2.43. The molecule has 0 aliphatic rings. The van der Waals surface area contributed by atoms with Crippen molar-refractivity contribution in [3.63, 3.8) is 0 Å². The molecule has 0 aliphatic heterocycles. The summed E-state index contributed by atoms with van der Waals surface area (Å²) in [4.78, 5) is 13.4. The molecule has 0 fully saturated rings. The lowest BCUT2D eigenvalue weighted by Crippen LogP contribution is -2.28. The molecule has 2 nitrogen and oxygen atoms in total. The van der Waals surface area contributed by atoms with Gasteiger partial charge < -0.3 is 4.90 Å². The van der Waals surface area contributed by atoms with E-state index >= 15 is 0 Å². The first kappa shape index (κ1) is 19.1. The van der Waals surface area contributed by atoms with Gasteiger partial charge in [-0.1, -0.05) is 50.8 Å². The van der Waals surface area contributed by atoms with E-state index in [4.69, 9.17) is 0 Å². The summed E-state index contributed by atoms with van der Waals surface area (Å²) >= 11 is 0. The maximum Gasteiger partial charge on any atom is 0.246 e. The summed E-state index contributed by atoms with van der Waals surface area (Å²) < 4.78 is 0. The van der Waals surface area contributed by atoms with E-state index in [9.17, 15) is 4.79 Å². The molecule has 0 atom stereocenters. The Bertz CT molecular complexity index is 463. The van der Waals surface area contributed by atoms with Crippen molar-refractivity contribution in [2.45, 2.75) is 46.5 Å². The zero-order valence-corrected chi connectivity index (χ0v) is 13.8. The van der Waals surface area contributed by atoms with Crippen molar-refractivity contribution in [3.8, 4) is 23.7 Å². The fraction of sp³-hybridized carbons (Fsp3) is 0.526. The number of hydrogen-bond acceptors (Lipinski definition) is 1. The molecule has 0 N–H and O–H groups in total. The molecule has 0 aromatic heterocycles. The van der Waals surface area contributed by atoms with Crippen LogP contribution >= 0.6 is 0 Å². The number of amides is 1. The second-order valence-electron chi connectivity index (χ2n) is 5.29. The second-order valence-corrected chi connectivity index (χ2v) is 5.29. The Kier molecular flexibility index (Phi) is 11.9. The van der Waals surface area contributed by atoms with Gasteiger partial charge in [0.2, 0.25) is 5.91 Å². The van der Waals surface area contributed by atoms with E-state index in [0.717, 1.165) is 32.2 Å². The van der Waals surface area contributed by atoms with Gasteiger partial charge in [0.05, 0.1) is 0 Å². The Balaban J connectivity index is 3.89. The summed E-state index contributed by atoms with van der Waals surface area (Å²) in [6, 6.07) is 0. The second kappa shape index (κ2) is 13.1. The van der Waals surface area contributed by atoms with E-state index in [1.165, 1.54) is 0 Å². The summed E-state index contributed by atoms with van der Waals surface area (Å²) in [5.41, 5.74) is 0. The third kappa shape index (κ3) is 12.8. The SMILES string of the molecule is CCCC#CC#CCCC=CC=CC(=O)N(C)CC(C)C. The van der Waals surface area contributed by atoms with Crippen molar-refractivity contribution in [1.82, 2.24) is 4.90 Å². The first-order valence-corrected chi connectivity index (χ1v) is 7.62. The summed E-state index contributed by atoms with van der Waals surface area (Å²) in [5, 5.41) is 0. The Morgan fingerprint density at radius 1 is 1.14 bits per heavy atom. The molecule has 0 bridgehead atoms. The lowest BCUT2D eigenvalue weighted by molar-refractivity contribution is -0.125. The molecule has 0 radical (unpaired) electrons. The summed E-state index contributed by atoms with van der Waals surface area (Å²) in [6.07, 6.45) is 11.0. The van der Waals surface area contributed by atoms with Crippen LogP contribution < -0.4 is 0 Å². The average molecular weight is 285 g/mol. The number of carbonyl (C=O) groups excluding carboxylic acids is 1. The van der Waals surface area contributed by atoms with Gasteiger partial charge in [-0.05, 0) is 30.6 Å². The molecule has 0 aromatic rings. The molecule has 0 heterocycles. The predicted molar refractivity (Wildman–Crippen MR) is 90.4 cm³/mol. The molecule has 0 rings (SSSR count). The van der Waals surface area contributed by atoms with Crippen LogP contribution in [0.5, 0.6) is 0 Å². The lowest BCUT2D eigenvalue weighted by Gasteiger charge is -2.17. The van der Waals surface area contributed by atoms with Crippen LogP contribution in [0.25, 0.3) is 0 Å². The quantitative estimate of drug-likeness (QED) is 0.301. The summed E-state index contributed by atoms with van der Waals surface area (Å²) in [6.45, 7) is 7.08. The number of carbonyl (C=O) groups is 1. The molecule has 114 valence electrons. The first-order chi connectivity index (χ1) is 10.1. The van der Waals surface area contributed by atoms with Gasteiger partial charge in [-0.3, -0.25) is 4.79 Å². The van der Waals surface area contributed by atoms with E-state index in [1.54, 1.807) is 17.1 Å². The molecule has 0 aliphatic carbocycles. The first-order valence-electron chi connectivity index (χ1n) is 7.62. The van der Waals surface area contributed by atoms with E-state index in [-0.39, 0.29) is 5.91 Å². The topological polar surface area (TPSA) is 20.3 Å². The van der Waals surface area contributed by atoms with Gasteiger partial charge in [0.25, 0.3) is 0 Å². The Morgan fingerprint density at radius 2 is 1.81 bits per heavy atom. The molecule has 21 heavy (non-hydrogen) atoms. The standard InChI is InChI=1S/C19H27NO/c1-5-6-7-8-9-10-11-12-13-14-15-16-19(21)20(4)17-18(2)3/h13-16,18H,5-6,11-12,17H2,1-4H3. The van der Waals surface area contributed by atoms with Crippen molar-refractivity contribution < 1.29 is 4.79 Å².